The van der Waals surface area contributed by atoms with Crippen molar-refractivity contribution in [2.45, 2.75) is 26.2 Å². The Morgan fingerprint density at radius 2 is 1.04 bits per heavy atom. The number of aryl methyl sites for hydroxylation is 2. The minimum Gasteiger partial charge on any atom is -0.478 e. The van der Waals surface area contributed by atoms with Crippen LogP contribution in [0.15, 0.2) is 115 Å². The summed E-state index contributed by atoms with van der Waals surface area (Å²) in [5, 5.41) is 15.0. The Balaban J connectivity index is 1.26. The van der Waals surface area contributed by atoms with Gasteiger partial charge in [-0.3, -0.25) is 9.59 Å². The Bertz CT molecular complexity index is 2580. The fourth-order valence-corrected chi connectivity index (χ4v) is 6.50. The van der Waals surface area contributed by atoms with Crippen molar-refractivity contribution in [2.24, 2.45) is 0 Å². The van der Waals surface area contributed by atoms with Gasteiger partial charge in [-0.15, -0.1) is 0 Å². The van der Waals surface area contributed by atoms with Crippen molar-refractivity contribution in [1.29, 1.82) is 0 Å². The van der Waals surface area contributed by atoms with Crippen molar-refractivity contribution in [1.82, 2.24) is 0 Å². The molecule has 0 spiro atoms. The van der Waals surface area contributed by atoms with E-state index in [1.54, 1.807) is 26.0 Å². The molecule has 0 saturated heterocycles. The van der Waals surface area contributed by atoms with E-state index < -0.39 is 46.8 Å². The van der Waals surface area contributed by atoms with Crippen molar-refractivity contribution in [3.63, 3.8) is 0 Å². The molecule has 7 N–H and O–H groups in total. The van der Waals surface area contributed by atoms with Crippen molar-refractivity contribution in [2.75, 3.05) is 22.1 Å². The highest BCUT2D eigenvalue weighted by Gasteiger charge is 2.35. The molecule has 6 aromatic rings. The highest BCUT2D eigenvalue weighted by Crippen LogP contribution is 2.41. The first kappa shape index (κ1) is 39.6. The van der Waals surface area contributed by atoms with Crippen LogP contribution in [0.5, 0.6) is 0 Å². The molecular formula is C43H32F6N4O4. The molecule has 0 bridgehead atoms. The van der Waals surface area contributed by atoms with Crippen LogP contribution < -0.4 is 22.1 Å². The molecule has 14 heteroatoms. The van der Waals surface area contributed by atoms with Gasteiger partial charge in [-0.2, -0.15) is 26.3 Å². The van der Waals surface area contributed by atoms with Crippen LogP contribution in [0.4, 0.5) is 49.1 Å². The fourth-order valence-electron chi connectivity index (χ4n) is 6.50. The monoisotopic (exact) mass is 782 g/mol. The molecule has 0 atom stereocenters. The number of alkyl halides is 6. The van der Waals surface area contributed by atoms with Gasteiger partial charge in [0, 0.05) is 28.3 Å². The third-order valence-corrected chi connectivity index (χ3v) is 9.20. The summed E-state index contributed by atoms with van der Waals surface area (Å²) in [6, 6.07) is 25.6. The molecule has 0 aliphatic rings. The second-order valence-electron chi connectivity index (χ2n) is 13.2. The molecular weight excluding hydrogens is 750 g/mol. The SMILES string of the molecule is Cc1cc(NC(=O)c2cccc(-c3ccc(C(=O)O)c(C(=O)Nc4ccc(-c5ccc(N)cc5C)c(C(F)(F)F)c4)c3)c2)ccc1-c1ccc(N)cc1C(F)(F)F. The van der Waals surface area contributed by atoms with Crippen LogP contribution in [0.1, 0.15) is 53.3 Å². The summed E-state index contributed by atoms with van der Waals surface area (Å²) in [6.45, 7) is 3.22. The Morgan fingerprint density at radius 3 is 1.63 bits per heavy atom. The lowest BCUT2D eigenvalue weighted by molar-refractivity contribution is -0.137. The molecule has 6 rings (SSSR count). The molecule has 0 fully saturated rings. The molecule has 2 amide bonds. The van der Waals surface area contributed by atoms with Gasteiger partial charge in [0.2, 0.25) is 0 Å². The van der Waals surface area contributed by atoms with Gasteiger partial charge in [0.1, 0.15) is 0 Å². The van der Waals surface area contributed by atoms with Crippen LogP contribution in [-0.4, -0.2) is 22.9 Å². The number of nitrogens with two attached hydrogens (primary N) is 2. The molecule has 290 valence electrons. The zero-order valence-electron chi connectivity index (χ0n) is 30.1. The summed E-state index contributed by atoms with van der Waals surface area (Å²) < 4.78 is 84.2. The number of carbonyl (C=O) groups excluding carboxylic acids is 2. The summed E-state index contributed by atoms with van der Waals surface area (Å²) in [5.41, 5.74) is 11.3. The van der Waals surface area contributed by atoms with Crippen LogP contribution in [0, 0.1) is 13.8 Å². The van der Waals surface area contributed by atoms with Gasteiger partial charge in [-0.1, -0.05) is 42.5 Å². The number of hydrogen-bond acceptors (Lipinski definition) is 5. The van der Waals surface area contributed by atoms with Gasteiger partial charge in [-0.25, -0.2) is 4.79 Å². The second kappa shape index (κ2) is 15.2. The predicted octanol–water partition coefficient (Wildman–Crippen LogP) is 10.7. The number of benzene rings is 6. The molecule has 0 radical (unpaired) electrons. The van der Waals surface area contributed by atoms with E-state index in [4.69, 9.17) is 11.5 Å². The summed E-state index contributed by atoms with van der Waals surface area (Å²) >= 11 is 0. The zero-order valence-corrected chi connectivity index (χ0v) is 30.1. The van der Waals surface area contributed by atoms with Gasteiger partial charge < -0.3 is 27.2 Å². The normalized spacial score (nSPS) is 11.6. The molecule has 8 nitrogen and oxygen atoms in total. The molecule has 0 saturated carbocycles. The first-order valence-corrected chi connectivity index (χ1v) is 17.1. The summed E-state index contributed by atoms with van der Waals surface area (Å²) in [4.78, 5) is 39.0. The van der Waals surface area contributed by atoms with Gasteiger partial charge >= 0.3 is 18.3 Å². The highest BCUT2D eigenvalue weighted by molar-refractivity contribution is 6.12. The van der Waals surface area contributed by atoms with Crippen molar-refractivity contribution < 1.29 is 45.8 Å². The number of carboxylic acids is 1. The maximum absolute atomic E-state index is 14.3. The third-order valence-electron chi connectivity index (χ3n) is 9.20. The van der Waals surface area contributed by atoms with Gasteiger partial charge in [0.15, 0.2) is 0 Å². The third kappa shape index (κ3) is 8.59. The molecule has 0 aromatic heterocycles. The van der Waals surface area contributed by atoms with Crippen LogP contribution in [0.25, 0.3) is 33.4 Å². The van der Waals surface area contributed by atoms with Crippen LogP contribution in [0.3, 0.4) is 0 Å². The molecule has 0 heterocycles. The van der Waals surface area contributed by atoms with Crippen LogP contribution in [-0.2, 0) is 12.4 Å². The van der Waals surface area contributed by atoms with Gasteiger partial charge in [-0.05, 0) is 131 Å². The molecule has 0 aliphatic carbocycles. The minimum atomic E-state index is -4.81. The number of carbonyl (C=O) groups is 3. The lowest BCUT2D eigenvalue weighted by Gasteiger charge is -2.17. The van der Waals surface area contributed by atoms with E-state index in [-0.39, 0.29) is 44.8 Å². The number of nitrogens with one attached hydrogen (secondary N) is 2. The Kier molecular flexibility index (Phi) is 10.6. The number of nitrogen functional groups attached to an aromatic ring is 2. The average Bonchev–Trinajstić information content (AvgIpc) is 3.14. The molecule has 0 unspecified atom stereocenters. The Labute approximate surface area is 321 Å². The number of hydrogen-bond donors (Lipinski definition) is 5. The Hall–Kier alpha value is -7.09. The van der Waals surface area contributed by atoms with Gasteiger partial charge in [0.25, 0.3) is 11.8 Å². The fraction of sp³-hybridized carbons (Fsp3) is 0.0930. The van der Waals surface area contributed by atoms with Crippen molar-refractivity contribution in [3.8, 4) is 33.4 Å². The summed E-state index contributed by atoms with van der Waals surface area (Å²) in [6.07, 6.45) is -9.47. The van der Waals surface area contributed by atoms with E-state index in [0.717, 1.165) is 12.1 Å². The Morgan fingerprint density at radius 1 is 0.526 bits per heavy atom. The lowest BCUT2D eigenvalue weighted by Crippen LogP contribution is -2.17. The van der Waals surface area contributed by atoms with Crippen LogP contribution >= 0.6 is 0 Å². The van der Waals surface area contributed by atoms with Gasteiger partial charge in [0.05, 0.1) is 22.3 Å². The topological polar surface area (TPSA) is 148 Å². The first-order valence-electron chi connectivity index (χ1n) is 17.1. The number of amides is 2. The quantitative estimate of drug-likeness (QED) is 0.0767. The van der Waals surface area contributed by atoms with E-state index in [2.05, 4.69) is 10.6 Å². The zero-order chi connectivity index (χ0) is 41.4. The van der Waals surface area contributed by atoms with E-state index in [0.29, 0.717) is 33.6 Å². The maximum atomic E-state index is 14.3. The predicted molar refractivity (Wildman–Crippen MR) is 207 cm³/mol. The smallest absolute Gasteiger partial charge is 0.417 e. The maximum Gasteiger partial charge on any atom is 0.417 e. The van der Waals surface area contributed by atoms with Crippen LogP contribution in [0.2, 0.25) is 0 Å². The van der Waals surface area contributed by atoms with Crippen molar-refractivity contribution in [3.05, 3.63) is 154 Å². The van der Waals surface area contributed by atoms with E-state index in [1.807, 2.05) is 0 Å². The van der Waals surface area contributed by atoms with Crippen molar-refractivity contribution >= 4 is 40.5 Å². The number of carboxylic acid groups (broad SMARTS) is 1. The number of rotatable bonds is 8. The summed E-state index contributed by atoms with van der Waals surface area (Å²) in [7, 11) is 0. The lowest BCUT2D eigenvalue weighted by atomic mass is 9.94. The van der Waals surface area contributed by atoms with E-state index >= 15 is 0 Å². The first-order chi connectivity index (χ1) is 26.8. The molecule has 57 heavy (non-hydrogen) atoms. The standard InChI is InChI=1S/C43H32F6N4O4/c1-22-16-27(50)7-12-31(22)34-15-10-30(21-38(34)43(47,48)49)53-40(55)36-19-25(6-11-35(36)41(56)57)24-4-3-5-26(18-24)39(54)52-29-9-14-32(23(2)17-29)33-13-8-28(51)20-37(33)42(44,45)46/h3-21H,50-51H2,1-2H3,(H,52,54)(H,53,55)(H,56,57). The van der Waals surface area contributed by atoms with E-state index in [1.165, 1.54) is 91.0 Å². The minimum absolute atomic E-state index is 0.0396. The summed E-state index contributed by atoms with van der Waals surface area (Å²) in [5.74, 6) is -3.03. The molecule has 6 aromatic carbocycles. The highest BCUT2D eigenvalue weighted by atomic mass is 19.4. The molecule has 0 aliphatic heterocycles. The number of aromatic carboxylic acids is 1. The number of halogens is 6. The van der Waals surface area contributed by atoms with E-state index in [9.17, 15) is 45.8 Å². The largest absolute Gasteiger partial charge is 0.478 e. The second-order valence-corrected chi connectivity index (χ2v) is 13.2. The average molecular weight is 783 g/mol. The number of anilines is 4.